The highest BCUT2D eigenvalue weighted by Gasteiger charge is 2.20. The number of rotatable bonds is 5. The third-order valence-corrected chi connectivity index (χ3v) is 3.88. The Labute approximate surface area is 99.5 Å². The molecule has 1 aliphatic carbocycles. The minimum Gasteiger partial charge on any atom is -0.304 e. The molecule has 0 fully saturated rings. The van der Waals surface area contributed by atoms with Gasteiger partial charge in [0, 0.05) is 0 Å². The van der Waals surface area contributed by atoms with Crippen molar-refractivity contribution in [1.82, 2.24) is 4.90 Å². The minimum absolute atomic E-state index is 0.887. The monoisotopic (exact) mass is 217 g/mol. The smallest absolute Gasteiger partial charge is 0.00161 e. The lowest BCUT2D eigenvalue weighted by atomic mass is 10.0. The van der Waals surface area contributed by atoms with Gasteiger partial charge in [-0.25, -0.2) is 0 Å². The summed E-state index contributed by atoms with van der Waals surface area (Å²) in [6.07, 6.45) is 3.96. The van der Waals surface area contributed by atoms with E-state index in [1.54, 1.807) is 11.1 Å². The van der Waals surface area contributed by atoms with Crippen molar-refractivity contribution < 1.29 is 0 Å². The molecule has 0 spiro atoms. The second-order valence-corrected chi connectivity index (χ2v) is 4.86. The molecule has 0 saturated carbocycles. The third-order valence-electron chi connectivity index (χ3n) is 3.88. The molecule has 1 aromatic rings. The van der Waals surface area contributed by atoms with E-state index >= 15 is 0 Å². The van der Waals surface area contributed by atoms with Crippen LogP contribution in [0.25, 0.3) is 0 Å². The highest BCUT2D eigenvalue weighted by molar-refractivity contribution is 5.31. The summed E-state index contributed by atoms with van der Waals surface area (Å²) in [5.41, 5.74) is 3.18. The van der Waals surface area contributed by atoms with Crippen LogP contribution in [-0.4, -0.2) is 24.5 Å². The summed E-state index contributed by atoms with van der Waals surface area (Å²) in [5, 5.41) is 0. The van der Waals surface area contributed by atoms with Crippen molar-refractivity contribution in [3.8, 4) is 0 Å². The van der Waals surface area contributed by atoms with Gasteiger partial charge in [0.25, 0.3) is 0 Å². The molecular formula is C15H23N. The quantitative estimate of drug-likeness (QED) is 0.732. The molecule has 0 amide bonds. The van der Waals surface area contributed by atoms with Gasteiger partial charge in [-0.2, -0.15) is 0 Å². The van der Waals surface area contributed by atoms with Crippen molar-refractivity contribution in [2.75, 3.05) is 19.6 Å². The van der Waals surface area contributed by atoms with Gasteiger partial charge in [-0.3, -0.25) is 0 Å². The average Bonchev–Trinajstić information content (AvgIpc) is 2.73. The molecule has 1 aliphatic rings. The zero-order valence-electron chi connectivity index (χ0n) is 10.6. The molecule has 0 unspecified atom stereocenters. The zero-order valence-corrected chi connectivity index (χ0v) is 10.6. The Bertz CT molecular complexity index is 303. The predicted octanol–water partition coefficient (Wildman–Crippen LogP) is 3.13. The average molecular weight is 217 g/mol. The van der Waals surface area contributed by atoms with Crippen LogP contribution in [0.5, 0.6) is 0 Å². The second-order valence-electron chi connectivity index (χ2n) is 4.86. The zero-order chi connectivity index (χ0) is 11.4. The van der Waals surface area contributed by atoms with Crippen molar-refractivity contribution >= 4 is 0 Å². The second kappa shape index (κ2) is 5.49. The van der Waals surface area contributed by atoms with E-state index in [9.17, 15) is 0 Å². The van der Waals surface area contributed by atoms with E-state index in [0.29, 0.717) is 0 Å². The minimum atomic E-state index is 0.887. The number of benzene rings is 1. The number of fused-ring (bicyclic) bond motifs is 1. The predicted molar refractivity (Wildman–Crippen MR) is 69.7 cm³/mol. The van der Waals surface area contributed by atoms with Gasteiger partial charge in [-0.1, -0.05) is 38.1 Å². The van der Waals surface area contributed by atoms with Gasteiger partial charge in [0.05, 0.1) is 0 Å². The van der Waals surface area contributed by atoms with Gasteiger partial charge < -0.3 is 4.90 Å². The summed E-state index contributed by atoms with van der Waals surface area (Å²) in [4.78, 5) is 2.53. The molecule has 1 heteroatoms. The van der Waals surface area contributed by atoms with E-state index in [4.69, 9.17) is 0 Å². The van der Waals surface area contributed by atoms with Crippen molar-refractivity contribution in [3.63, 3.8) is 0 Å². The summed E-state index contributed by atoms with van der Waals surface area (Å²) in [6.45, 7) is 8.16. The maximum atomic E-state index is 2.53. The lowest BCUT2D eigenvalue weighted by Crippen LogP contribution is -2.25. The van der Waals surface area contributed by atoms with Gasteiger partial charge in [-0.05, 0) is 55.9 Å². The highest BCUT2D eigenvalue weighted by atomic mass is 15.1. The third kappa shape index (κ3) is 2.65. The molecule has 0 atom stereocenters. The van der Waals surface area contributed by atoms with E-state index < -0.39 is 0 Å². The Balaban J connectivity index is 1.83. The lowest BCUT2D eigenvalue weighted by molar-refractivity contribution is 0.277. The van der Waals surface area contributed by atoms with Crippen molar-refractivity contribution in [3.05, 3.63) is 35.4 Å². The van der Waals surface area contributed by atoms with E-state index in [0.717, 1.165) is 5.92 Å². The summed E-state index contributed by atoms with van der Waals surface area (Å²) >= 11 is 0. The van der Waals surface area contributed by atoms with Crippen LogP contribution in [0.3, 0.4) is 0 Å². The van der Waals surface area contributed by atoms with Gasteiger partial charge in [-0.15, -0.1) is 0 Å². The first-order chi connectivity index (χ1) is 7.83. The first-order valence-corrected chi connectivity index (χ1v) is 6.62. The Morgan fingerprint density at radius 1 is 1.06 bits per heavy atom. The van der Waals surface area contributed by atoms with Gasteiger partial charge in [0.2, 0.25) is 0 Å². The molecule has 0 bridgehead atoms. The van der Waals surface area contributed by atoms with Crippen LogP contribution < -0.4 is 0 Å². The molecule has 16 heavy (non-hydrogen) atoms. The summed E-state index contributed by atoms with van der Waals surface area (Å²) in [5.74, 6) is 0.887. The Morgan fingerprint density at radius 3 is 2.12 bits per heavy atom. The van der Waals surface area contributed by atoms with Crippen LogP contribution in [0.15, 0.2) is 24.3 Å². The molecule has 0 N–H and O–H groups in total. The normalized spacial score (nSPS) is 15.7. The van der Waals surface area contributed by atoms with E-state index in [1.165, 1.54) is 38.9 Å². The fourth-order valence-electron chi connectivity index (χ4n) is 2.76. The van der Waals surface area contributed by atoms with Crippen LogP contribution in [0.1, 0.15) is 31.4 Å². The van der Waals surface area contributed by atoms with E-state index in [2.05, 4.69) is 43.0 Å². The van der Waals surface area contributed by atoms with Crippen molar-refractivity contribution in [2.24, 2.45) is 5.92 Å². The van der Waals surface area contributed by atoms with Crippen LogP contribution in [0, 0.1) is 5.92 Å². The SMILES string of the molecule is CCN(CC)CCC1Cc2ccccc2C1. The van der Waals surface area contributed by atoms with E-state index in [-0.39, 0.29) is 0 Å². The maximum Gasteiger partial charge on any atom is -0.00161 e. The summed E-state index contributed by atoms with van der Waals surface area (Å²) in [7, 11) is 0. The van der Waals surface area contributed by atoms with Gasteiger partial charge >= 0.3 is 0 Å². The fourth-order valence-corrected chi connectivity index (χ4v) is 2.76. The first-order valence-electron chi connectivity index (χ1n) is 6.62. The summed E-state index contributed by atoms with van der Waals surface area (Å²) < 4.78 is 0. The van der Waals surface area contributed by atoms with Crippen LogP contribution in [-0.2, 0) is 12.8 Å². The Morgan fingerprint density at radius 2 is 1.62 bits per heavy atom. The molecule has 0 saturated heterocycles. The Hall–Kier alpha value is -0.820. The fraction of sp³-hybridized carbons (Fsp3) is 0.600. The first kappa shape index (κ1) is 11.7. The molecule has 0 heterocycles. The number of hydrogen-bond acceptors (Lipinski definition) is 1. The molecular weight excluding hydrogens is 194 g/mol. The standard InChI is InChI=1S/C15H23N/c1-3-16(4-2)10-9-13-11-14-7-5-6-8-15(14)12-13/h5-8,13H,3-4,9-12H2,1-2H3. The molecule has 0 radical (unpaired) electrons. The van der Waals surface area contributed by atoms with Gasteiger partial charge in [0.1, 0.15) is 0 Å². The van der Waals surface area contributed by atoms with Crippen LogP contribution in [0.2, 0.25) is 0 Å². The largest absolute Gasteiger partial charge is 0.304 e. The maximum absolute atomic E-state index is 2.53. The molecule has 88 valence electrons. The molecule has 0 aliphatic heterocycles. The van der Waals surface area contributed by atoms with Crippen molar-refractivity contribution in [1.29, 1.82) is 0 Å². The molecule has 1 nitrogen and oxygen atoms in total. The van der Waals surface area contributed by atoms with Crippen LogP contribution >= 0.6 is 0 Å². The van der Waals surface area contributed by atoms with E-state index in [1.807, 2.05) is 0 Å². The number of hydrogen-bond donors (Lipinski definition) is 0. The topological polar surface area (TPSA) is 3.24 Å². The molecule has 1 aromatic carbocycles. The lowest BCUT2D eigenvalue weighted by Gasteiger charge is -2.20. The van der Waals surface area contributed by atoms with Gasteiger partial charge in [0.15, 0.2) is 0 Å². The Kier molecular flexibility index (Phi) is 4.00. The van der Waals surface area contributed by atoms with Crippen LogP contribution in [0.4, 0.5) is 0 Å². The van der Waals surface area contributed by atoms with Crippen molar-refractivity contribution in [2.45, 2.75) is 33.1 Å². The highest BCUT2D eigenvalue weighted by Crippen LogP contribution is 2.28. The number of nitrogens with zero attached hydrogens (tertiary/aromatic N) is 1. The summed E-state index contributed by atoms with van der Waals surface area (Å²) in [6, 6.07) is 8.94. The molecule has 0 aromatic heterocycles. The molecule has 2 rings (SSSR count).